The summed E-state index contributed by atoms with van der Waals surface area (Å²) in [4.78, 5) is 8.42. The number of alkyl halides is 3. The lowest BCUT2D eigenvalue weighted by molar-refractivity contribution is -0.0790. The zero-order chi connectivity index (χ0) is 26.0. The van der Waals surface area contributed by atoms with Crippen LogP contribution in [0.4, 0.5) is 30.7 Å². The van der Waals surface area contributed by atoms with Crippen LogP contribution in [0.1, 0.15) is 18.1 Å². The minimum atomic E-state index is -4.75. The van der Waals surface area contributed by atoms with Gasteiger partial charge in [-0.15, -0.1) is 0 Å². The summed E-state index contributed by atoms with van der Waals surface area (Å²) in [5, 5.41) is 0. The van der Waals surface area contributed by atoms with Gasteiger partial charge in [-0.1, -0.05) is 31.2 Å². The van der Waals surface area contributed by atoms with Crippen molar-refractivity contribution in [2.75, 3.05) is 0 Å². The van der Waals surface area contributed by atoms with E-state index in [4.69, 9.17) is 0 Å². The number of hydrogen-bond acceptors (Lipinski definition) is 2. The topological polar surface area (TPSA) is 25.8 Å². The Morgan fingerprint density at radius 3 is 1.72 bits per heavy atom. The van der Waals surface area contributed by atoms with E-state index in [-0.39, 0.29) is 34.4 Å². The van der Waals surface area contributed by atoms with Crippen molar-refractivity contribution in [2.24, 2.45) is 0 Å². The average molecular weight is 502 g/mol. The highest BCUT2D eigenvalue weighted by Crippen LogP contribution is 2.33. The molecule has 9 heteroatoms. The predicted octanol–water partition coefficient (Wildman–Crippen LogP) is 8.17. The molecule has 0 fully saturated rings. The van der Waals surface area contributed by atoms with Gasteiger partial charge in [-0.2, -0.15) is 13.2 Å². The quantitative estimate of drug-likeness (QED) is 0.257. The molecule has 0 amide bonds. The molecule has 0 aliphatic heterocycles. The van der Waals surface area contributed by atoms with Crippen LogP contribution in [0.5, 0.6) is 0 Å². The summed E-state index contributed by atoms with van der Waals surface area (Å²) in [5.74, 6) is -3.79. The highest BCUT2D eigenvalue weighted by molar-refractivity contribution is 5.74. The molecule has 0 unspecified atom stereocenters. The number of benzene rings is 3. The fourth-order valence-electron chi connectivity index (χ4n) is 3.57. The first kappa shape index (κ1) is 25.1. The van der Waals surface area contributed by atoms with Gasteiger partial charge in [-0.25, -0.2) is 27.5 Å². The number of allylic oxidation sites excluding steroid dienone is 1. The van der Waals surface area contributed by atoms with Gasteiger partial charge in [0, 0.05) is 40.7 Å². The largest absolute Gasteiger partial charge is 0.409 e. The Morgan fingerprint density at radius 2 is 1.19 bits per heavy atom. The van der Waals surface area contributed by atoms with Gasteiger partial charge in [0.25, 0.3) is 0 Å². The molecule has 184 valence electrons. The second-order valence-corrected chi connectivity index (χ2v) is 7.89. The molecule has 0 N–H and O–H groups in total. The highest BCUT2D eigenvalue weighted by Gasteiger charge is 2.23. The molecule has 36 heavy (non-hydrogen) atoms. The third-order valence-corrected chi connectivity index (χ3v) is 5.45. The SMILES string of the molecule is CCc1cnc(-c2ccc(-c3ccc(-c4cc(F)c(C=CC(F)(F)F)c(F)c4)c(F)c3)c(F)c2)nc1. The highest BCUT2D eigenvalue weighted by atomic mass is 19.4. The number of aryl methyl sites for hydroxylation is 1. The van der Waals surface area contributed by atoms with E-state index in [1.54, 1.807) is 18.5 Å². The van der Waals surface area contributed by atoms with Gasteiger partial charge in [0.05, 0.1) is 0 Å². The van der Waals surface area contributed by atoms with Crippen LogP contribution in [0.15, 0.2) is 67.0 Å². The molecule has 0 spiro atoms. The lowest BCUT2D eigenvalue weighted by Gasteiger charge is -2.10. The third-order valence-electron chi connectivity index (χ3n) is 5.45. The van der Waals surface area contributed by atoms with Crippen molar-refractivity contribution in [1.82, 2.24) is 9.97 Å². The normalized spacial score (nSPS) is 11.9. The first-order valence-corrected chi connectivity index (χ1v) is 10.7. The van der Waals surface area contributed by atoms with Gasteiger partial charge >= 0.3 is 6.18 Å². The molecule has 0 aliphatic carbocycles. The number of nitrogens with zero attached hydrogens (tertiary/aromatic N) is 2. The Kier molecular flexibility index (Phi) is 6.92. The van der Waals surface area contributed by atoms with Crippen LogP contribution in [0.25, 0.3) is 39.7 Å². The third kappa shape index (κ3) is 5.45. The maximum atomic E-state index is 14.9. The summed E-state index contributed by atoms with van der Waals surface area (Å²) in [5.41, 5.74) is 0.294. The van der Waals surface area contributed by atoms with Crippen LogP contribution >= 0.6 is 0 Å². The summed E-state index contributed by atoms with van der Waals surface area (Å²) >= 11 is 0. The predicted molar refractivity (Wildman–Crippen MR) is 123 cm³/mol. The smallest absolute Gasteiger partial charge is 0.236 e. The molecule has 0 bridgehead atoms. The van der Waals surface area contributed by atoms with Gasteiger partial charge < -0.3 is 0 Å². The van der Waals surface area contributed by atoms with Gasteiger partial charge in [0.15, 0.2) is 5.82 Å². The molecule has 2 nitrogen and oxygen atoms in total. The fourth-order valence-corrected chi connectivity index (χ4v) is 3.57. The molecule has 0 saturated carbocycles. The minimum absolute atomic E-state index is 0.0828. The van der Waals surface area contributed by atoms with Crippen LogP contribution in [-0.2, 0) is 6.42 Å². The monoisotopic (exact) mass is 502 g/mol. The standard InChI is InChI=1S/C27H17F7N2/c1-2-15-13-35-26(36-14-15)17-4-6-19(23(29)10-17)16-3-5-20(22(28)9-16)18-11-24(30)21(25(31)12-18)7-8-27(32,33)34/h3-14H,2H2,1H3. The van der Waals surface area contributed by atoms with E-state index in [2.05, 4.69) is 9.97 Å². The summed E-state index contributed by atoms with van der Waals surface area (Å²) < 4.78 is 95.3. The summed E-state index contributed by atoms with van der Waals surface area (Å²) in [6.45, 7) is 1.95. The van der Waals surface area contributed by atoms with Crippen LogP contribution in [0.2, 0.25) is 0 Å². The van der Waals surface area contributed by atoms with E-state index in [1.807, 2.05) is 6.92 Å². The zero-order valence-corrected chi connectivity index (χ0v) is 18.7. The van der Waals surface area contributed by atoms with Crippen molar-refractivity contribution in [1.29, 1.82) is 0 Å². The number of hydrogen-bond donors (Lipinski definition) is 0. The van der Waals surface area contributed by atoms with Gasteiger partial charge in [-0.3, -0.25) is 0 Å². The summed E-state index contributed by atoms with van der Waals surface area (Å²) in [6.07, 6.45) is -0.729. The molecule has 0 saturated heterocycles. The molecule has 4 aromatic rings. The lowest BCUT2D eigenvalue weighted by atomic mass is 9.97. The van der Waals surface area contributed by atoms with E-state index in [0.29, 0.717) is 11.4 Å². The average Bonchev–Trinajstić information content (AvgIpc) is 2.82. The van der Waals surface area contributed by atoms with Gasteiger partial charge in [-0.05, 0) is 53.5 Å². The first-order valence-electron chi connectivity index (χ1n) is 10.7. The van der Waals surface area contributed by atoms with Crippen LogP contribution < -0.4 is 0 Å². The fraction of sp³-hybridized carbons (Fsp3) is 0.111. The van der Waals surface area contributed by atoms with E-state index >= 15 is 0 Å². The minimum Gasteiger partial charge on any atom is -0.236 e. The Morgan fingerprint density at radius 1 is 0.694 bits per heavy atom. The molecule has 0 radical (unpaired) electrons. The van der Waals surface area contributed by atoms with E-state index in [9.17, 15) is 30.7 Å². The Balaban J connectivity index is 1.64. The van der Waals surface area contributed by atoms with Crippen molar-refractivity contribution in [3.63, 3.8) is 0 Å². The molecule has 0 aliphatic rings. The molecule has 1 aromatic heterocycles. The molecule has 3 aromatic carbocycles. The molecular weight excluding hydrogens is 485 g/mol. The van der Waals surface area contributed by atoms with Crippen molar-refractivity contribution < 1.29 is 30.7 Å². The summed E-state index contributed by atoms with van der Waals surface area (Å²) in [6, 6.07) is 9.31. The maximum absolute atomic E-state index is 14.9. The van der Waals surface area contributed by atoms with Crippen molar-refractivity contribution in [3.8, 4) is 33.6 Å². The van der Waals surface area contributed by atoms with Crippen molar-refractivity contribution in [2.45, 2.75) is 19.5 Å². The van der Waals surface area contributed by atoms with Crippen molar-refractivity contribution in [3.05, 3.63) is 101 Å². The van der Waals surface area contributed by atoms with Crippen molar-refractivity contribution >= 4 is 6.08 Å². The second kappa shape index (κ2) is 9.93. The first-order chi connectivity index (χ1) is 17.1. The van der Waals surface area contributed by atoms with Gasteiger partial charge in [0.2, 0.25) is 0 Å². The Labute approximate surface area is 201 Å². The van der Waals surface area contributed by atoms with Crippen LogP contribution in [0, 0.1) is 23.3 Å². The van der Waals surface area contributed by atoms with E-state index in [1.165, 1.54) is 24.3 Å². The van der Waals surface area contributed by atoms with Gasteiger partial charge in [0.1, 0.15) is 23.3 Å². The summed E-state index contributed by atoms with van der Waals surface area (Å²) in [7, 11) is 0. The maximum Gasteiger partial charge on any atom is 0.409 e. The van der Waals surface area contributed by atoms with E-state index < -0.39 is 35.0 Å². The Bertz CT molecular complexity index is 1420. The molecule has 4 rings (SSSR count). The molecule has 1 heterocycles. The lowest BCUT2D eigenvalue weighted by Crippen LogP contribution is -2.01. The number of rotatable bonds is 5. The zero-order valence-electron chi connectivity index (χ0n) is 18.7. The number of halogens is 7. The van der Waals surface area contributed by atoms with Crippen LogP contribution in [0.3, 0.4) is 0 Å². The second-order valence-electron chi connectivity index (χ2n) is 7.89. The molecular formula is C27H17F7N2. The number of aromatic nitrogens is 2. The molecule has 0 atom stereocenters. The Hall–Kier alpha value is -4.01. The van der Waals surface area contributed by atoms with Crippen LogP contribution in [-0.4, -0.2) is 16.1 Å². The van der Waals surface area contributed by atoms with E-state index in [0.717, 1.165) is 30.2 Å².